The topological polar surface area (TPSA) is 49.4 Å². The minimum atomic E-state index is -0.105. The molecule has 1 heterocycles. The van der Waals surface area contributed by atoms with E-state index in [1.54, 1.807) is 25.1 Å². The number of rotatable bonds is 5. The van der Waals surface area contributed by atoms with Gasteiger partial charge in [-0.25, -0.2) is 0 Å². The summed E-state index contributed by atoms with van der Waals surface area (Å²) in [5.74, 6) is -0.00505. The van der Waals surface area contributed by atoms with E-state index in [9.17, 15) is 9.59 Å². The Morgan fingerprint density at radius 2 is 2.00 bits per heavy atom. The minimum Gasteiger partial charge on any atom is -0.349 e. The van der Waals surface area contributed by atoms with Crippen LogP contribution in [-0.4, -0.2) is 30.8 Å². The molecule has 5 heteroatoms. The number of aryl methyl sites for hydroxylation is 1. The van der Waals surface area contributed by atoms with Crippen LogP contribution in [0.3, 0.4) is 0 Å². The van der Waals surface area contributed by atoms with Gasteiger partial charge in [0.25, 0.3) is 5.91 Å². The number of amides is 2. The van der Waals surface area contributed by atoms with Gasteiger partial charge in [0.1, 0.15) is 0 Å². The lowest BCUT2D eigenvalue weighted by atomic mass is 10.1. The zero-order valence-corrected chi connectivity index (χ0v) is 12.9. The second kappa shape index (κ2) is 7.04. The highest BCUT2D eigenvalue weighted by molar-refractivity contribution is 7.12. The van der Waals surface area contributed by atoms with E-state index in [4.69, 9.17) is 0 Å². The molecule has 0 aliphatic rings. The first-order valence-electron chi connectivity index (χ1n) is 6.70. The molecule has 2 amide bonds. The average Bonchev–Trinajstić information content (AvgIpc) is 2.99. The lowest BCUT2D eigenvalue weighted by Gasteiger charge is -2.10. The van der Waals surface area contributed by atoms with Gasteiger partial charge in [-0.3, -0.25) is 9.59 Å². The van der Waals surface area contributed by atoms with Crippen LogP contribution in [0, 0.1) is 0 Å². The second-order valence-electron chi connectivity index (χ2n) is 4.92. The Morgan fingerprint density at radius 1 is 1.19 bits per heavy atom. The summed E-state index contributed by atoms with van der Waals surface area (Å²) in [5.41, 5.74) is 1.79. The summed E-state index contributed by atoms with van der Waals surface area (Å²) in [6, 6.07) is 11.3. The number of hydrogen-bond donors (Lipinski definition) is 1. The maximum absolute atomic E-state index is 12.0. The van der Waals surface area contributed by atoms with Crippen LogP contribution in [0.15, 0.2) is 41.8 Å². The molecule has 0 bridgehead atoms. The van der Waals surface area contributed by atoms with Gasteiger partial charge in [0.05, 0.1) is 4.88 Å². The smallest absolute Gasteiger partial charge is 0.265 e. The van der Waals surface area contributed by atoms with E-state index >= 15 is 0 Å². The van der Waals surface area contributed by atoms with E-state index in [1.165, 1.54) is 11.3 Å². The first kappa shape index (κ1) is 15.3. The molecule has 4 nitrogen and oxygen atoms in total. The zero-order valence-electron chi connectivity index (χ0n) is 12.1. The molecule has 0 atom stereocenters. The lowest BCUT2D eigenvalue weighted by Crippen LogP contribution is -2.21. The number of carbonyl (C=O) groups is 2. The summed E-state index contributed by atoms with van der Waals surface area (Å²) in [4.78, 5) is 25.8. The van der Waals surface area contributed by atoms with Gasteiger partial charge in [0.15, 0.2) is 0 Å². The molecule has 0 saturated heterocycles. The quantitative estimate of drug-likeness (QED) is 0.923. The molecule has 0 aliphatic heterocycles. The summed E-state index contributed by atoms with van der Waals surface area (Å²) in [5, 5.41) is 4.74. The van der Waals surface area contributed by atoms with Crippen LogP contribution in [0.2, 0.25) is 0 Å². The van der Waals surface area contributed by atoms with E-state index in [0.717, 1.165) is 11.3 Å². The summed E-state index contributed by atoms with van der Waals surface area (Å²) in [7, 11) is 3.50. The molecule has 21 heavy (non-hydrogen) atoms. The standard InChI is InChI=1S/C16H18N2O2S/c1-18(2)15(19)9-8-12-5-3-6-13(11-12)17-16(20)14-7-4-10-21-14/h3-7,10-11H,8-9H2,1-2H3,(H,17,20). The molecule has 0 unspecified atom stereocenters. The van der Waals surface area contributed by atoms with Crippen molar-refractivity contribution < 1.29 is 9.59 Å². The van der Waals surface area contributed by atoms with Crippen molar-refractivity contribution in [1.82, 2.24) is 4.90 Å². The van der Waals surface area contributed by atoms with Crippen molar-refractivity contribution in [2.75, 3.05) is 19.4 Å². The van der Waals surface area contributed by atoms with Crippen molar-refractivity contribution in [3.63, 3.8) is 0 Å². The van der Waals surface area contributed by atoms with Gasteiger partial charge in [-0.1, -0.05) is 18.2 Å². The van der Waals surface area contributed by atoms with Crippen LogP contribution in [0.1, 0.15) is 21.7 Å². The highest BCUT2D eigenvalue weighted by Crippen LogP contribution is 2.16. The molecule has 2 aromatic rings. The number of carbonyl (C=O) groups excluding carboxylic acids is 2. The Kier molecular flexibility index (Phi) is 5.11. The Hall–Kier alpha value is -2.14. The number of nitrogens with one attached hydrogen (secondary N) is 1. The normalized spacial score (nSPS) is 10.2. The fraction of sp³-hybridized carbons (Fsp3) is 0.250. The summed E-state index contributed by atoms with van der Waals surface area (Å²) < 4.78 is 0. The largest absolute Gasteiger partial charge is 0.349 e. The van der Waals surface area contributed by atoms with E-state index in [1.807, 2.05) is 35.7 Å². The van der Waals surface area contributed by atoms with E-state index < -0.39 is 0 Å². The number of benzene rings is 1. The highest BCUT2D eigenvalue weighted by atomic mass is 32.1. The molecule has 0 radical (unpaired) electrons. The minimum absolute atomic E-state index is 0.100. The summed E-state index contributed by atoms with van der Waals surface area (Å²) in [6.07, 6.45) is 1.13. The second-order valence-corrected chi connectivity index (χ2v) is 5.87. The van der Waals surface area contributed by atoms with Crippen molar-refractivity contribution in [3.8, 4) is 0 Å². The molecule has 0 aliphatic carbocycles. The molecule has 0 fully saturated rings. The van der Waals surface area contributed by atoms with E-state index in [-0.39, 0.29) is 11.8 Å². The Bertz CT molecular complexity index is 621. The van der Waals surface area contributed by atoms with Gasteiger partial charge >= 0.3 is 0 Å². The van der Waals surface area contributed by atoms with Crippen LogP contribution in [0.5, 0.6) is 0 Å². The van der Waals surface area contributed by atoms with Gasteiger partial charge < -0.3 is 10.2 Å². The van der Waals surface area contributed by atoms with Crippen molar-refractivity contribution in [2.45, 2.75) is 12.8 Å². The summed E-state index contributed by atoms with van der Waals surface area (Å²) >= 11 is 1.41. The van der Waals surface area contributed by atoms with Crippen molar-refractivity contribution >= 4 is 28.8 Å². The average molecular weight is 302 g/mol. The third-order valence-electron chi connectivity index (χ3n) is 3.06. The van der Waals surface area contributed by atoms with Crippen LogP contribution in [-0.2, 0) is 11.2 Å². The highest BCUT2D eigenvalue weighted by Gasteiger charge is 2.08. The molecule has 1 aromatic carbocycles. The lowest BCUT2D eigenvalue weighted by molar-refractivity contribution is -0.128. The first-order valence-corrected chi connectivity index (χ1v) is 7.58. The van der Waals surface area contributed by atoms with Gasteiger partial charge in [0.2, 0.25) is 5.91 Å². The maximum atomic E-state index is 12.0. The van der Waals surface area contributed by atoms with Gasteiger partial charge in [-0.2, -0.15) is 0 Å². The molecule has 0 spiro atoms. The Balaban J connectivity index is 1.98. The Labute approximate surface area is 128 Å². The van der Waals surface area contributed by atoms with Gasteiger partial charge in [0, 0.05) is 26.2 Å². The fourth-order valence-electron chi connectivity index (χ4n) is 1.88. The number of thiophene rings is 1. The number of anilines is 1. The predicted octanol–water partition coefficient (Wildman–Crippen LogP) is 3.02. The number of hydrogen-bond acceptors (Lipinski definition) is 3. The van der Waals surface area contributed by atoms with Crippen LogP contribution in [0.25, 0.3) is 0 Å². The fourth-order valence-corrected chi connectivity index (χ4v) is 2.50. The SMILES string of the molecule is CN(C)C(=O)CCc1cccc(NC(=O)c2cccs2)c1. The number of nitrogens with zero attached hydrogens (tertiary/aromatic N) is 1. The van der Waals surface area contributed by atoms with Crippen LogP contribution in [0.4, 0.5) is 5.69 Å². The Morgan fingerprint density at radius 3 is 2.67 bits per heavy atom. The molecular weight excluding hydrogens is 284 g/mol. The maximum Gasteiger partial charge on any atom is 0.265 e. The predicted molar refractivity (Wildman–Crippen MR) is 85.7 cm³/mol. The van der Waals surface area contributed by atoms with E-state index in [2.05, 4.69) is 5.32 Å². The van der Waals surface area contributed by atoms with E-state index in [0.29, 0.717) is 17.7 Å². The van der Waals surface area contributed by atoms with Crippen LogP contribution >= 0.6 is 11.3 Å². The van der Waals surface area contributed by atoms with Crippen molar-refractivity contribution in [2.24, 2.45) is 0 Å². The van der Waals surface area contributed by atoms with Gasteiger partial charge in [-0.05, 0) is 35.6 Å². The molecule has 110 valence electrons. The van der Waals surface area contributed by atoms with Crippen molar-refractivity contribution in [1.29, 1.82) is 0 Å². The molecular formula is C16H18N2O2S. The van der Waals surface area contributed by atoms with Crippen molar-refractivity contribution in [3.05, 3.63) is 52.2 Å². The zero-order chi connectivity index (χ0) is 15.2. The molecule has 2 rings (SSSR count). The molecule has 1 N–H and O–H groups in total. The third kappa shape index (κ3) is 4.43. The third-order valence-corrected chi connectivity index (χ3v) is 3.92. The van der Waals surface area contributed by atoms with Crippen LogP contribution < -0.4 is 5.32 Å². The monoisotopic (exact) mass is 302 g/mol. The van der Waals surface area contributed by atoms with Gasteiger partial charge in [-0.15, -0.1) is 11.3 Å². The molecule has 1 aromatic heterocycles. The first-order chi connectivity index (χ1) is 10.1. The summed E-state index contributed by atoms with van der Waals surface area (Å²) in [6.45, 7) is 0. The molecule has 0 saturated carbocycles.